The molecule has 2 aliphatic rings. The Kier molecular flexibility index (Phi) is 2.89. The summed E-state index contributed by atoms with van der Waals surface area (Å²) in [6, 6.07) is 0. The van der Waals surface area contributed by atoms with E-state index in [9.17, 15) is 0 Å². The summed E-state index contributed by atoms with van der Waals surface area (Å²) < 4.78 is 10.9. The molecule has 2 fully saturated rings. The summed E-state index contributed by atoms with van der Waals surface area (Å²) in [6.07, 6.45) is 2.75. The van der Waals surface area contributed by atoms with Crippen LogP contribution in [0.3, 0.4) is 0 Å². The molecule has 0 amide bonds. The molecule has 2 nitrogen and oxygen atoms in total. The summed E-state index contributed by atoms with van der Waals surface area (Å²) in [5, 5.41) is 0. The molecule has 13 heavy (non-hydrogen) atoms. The highest BCUT2D eigenvalue weighted by atomic mass is 16.7. The Morgan fingerprint density at radius 2 is 1.62 bits per heavy atom. The summed E-state index contributed by atoms with van der Waals surface area (Å²) in [4.78, 5) is 0. The first-order valence-corrected chi connectivity index (χ1v) is 5.44. The third-order valence-corrected chi connectivity index (χ3v) is 3.82. The van der Waals surface area contributed by atoms with Crippen molar-refractivity contribution in [1.82, 2.24) is 0 Å². The molecule has 0 aromatic heterocycles. The molecule has 0 radical (unpaired) electrons. The monoisotopic (exact) mass is 184 g/mol. The predicted octanol–water partition coefficient (Wildman–Crippen LogP) is 2.29. The Morgan fingerprint density at radius 1 is 0.846 bits per heavy atom. The van der Waals surface area contributed by atoms with Crippen molar-refractivity contribution in [2.24, 2.45) is 23.7 Å². The fourth-order valence-electron chi connectivity index (χ4n) is 2.90. The molecule has 0 aromatic carbocycles. The van der Waals surface area contributed by atoms with Crippen LogP contribution >= 0.6 is 0 Å². The zero-order valence-electron chi connectivity index (χ0n) is 8.66. The minimum Gasteiger partial charge on any atom is -0.355 e. The first-order chi connectivity index (χ1) is 6.29. The van der Waals surface area contributed by atoms with Gasteiger partial charge < -0.3 is 9.47 Å². The zero-order valence-corrected chi connectivity index (χ0v) is 8.66. The molecular weight excluding hydrogens is 164 g/mol. The lowest BCUT2D eigenvalue weighted by molar-refractivity contribution is -0.108. The molecule has 0 bridgehead atoms. The molecule has 3 unspecified atom stereocenters. The molecular formula is C11H20O2. The third kappa shape index (κ3) is 1.89. The average Bonchev–Trinajstić information content (AvgIpc) is 2.43. The van der Waals surface area contributed by atoms with Crippen LogP contribution < -0.4 is 0 Å². The summed E-state index contributed by atoms with van der Waals surface area (Å²) in [7, 11) is 0. The van der Waals surface area contributed by atoms with Crippen molar-refractivity contribution in [3.8, 4) is 0 Å². The molecule has 2 rings (SSSR count). The lowest BCUT2D eigenvalue weighted by atomic mass is 9.83. The van der Waals surface area contributed by atoms with Crippen LogP contribution in [0.1, 0.15) is 26.7 Å². The smallest absolute Gasteiger partial charge is 0.146 e. The van der Waals surface area contributed by atoms with Crippen LogP contribution in [0.5, 0.6) is 0 Å². The second-order valence-electron chi connectivity index (χ2n) is 4.72. The van der Waals surface area contributed by atoms with E-state index in [0.717, 1.165) is 36.9 Å². The molecule has 76 valence electrons. The van der Waals surface area contributed by atoms with Crippen molar-refractivity contribution in [3.63, 3.8) is 0 Å². The molecule has 1 saturated heterocycles. The van der Waals surface area contributed by atoms with Crippen LogP contribution in [0.4, 0.5) is 0 Å². The van der Waals surface area contributed by atoms with Crippen molar-refractivity contribution in [1.29, 1.82) is 0 Å². The first kappa shape index (κ1) is 9.47. The van der Waals surface area contributed by atoms with Crippen molar-refractivity contribution in [2.75, 3.05) is 20.0 Å². The quantitative estimate of drug-likeness (QED) is 0.575. The maximum atomic E-state index is 5.48. The summed E-state index contributed by atoms with van der Waals surface area (Å²) in [6.45, 7) is 6.98. The van der Waals surface area contributed by atoms with Crippen LogP contribution in [0.15, 0.2) is 0 Å². The van der Waals surface area contributed by atoms with Gasteiger partial charge in [0, 0.05) is 0 Å². The van der Waals surface area contributed by atoms with E-state index in [0.29, 0.717) is 6.79 Å². The van der Waals surface area contributed by atoms with Gasteiger partial charge in [0.05, 0.1) is 13.2 Å². The van der Waals surface area contributed by atoms with E-state index in [2.05, 4.69) is 13.8 Å². The van der Waals surface area contributed by atoms with Gasteiger partial charge in [0.15, 0.2) is 0 Å². The van der Waals surface area contributed by atoms with Crippen molar-refractivity contribution in [2.45, 2.75) is 26.7 Å². The summed E-state index contributed by atoms with van der Waals surface area (Å²) >= 11 is 0. The lowest BCUT2D eigenvalue weighted by Crippen LogP contribution is -2.30. The summed E-state index contributed by atoms with van der Waals surface area (Å²) in [5.74, 6) is 3.21. The maximum Gasteiger partial charge on any atom is 0.146 e. The average molecular weight is 184 g/mol. The molecule has 1 aliphatic heterocycles. The highest BCUT2D eigenvalue weighted by Gasteiger charge is 2.37. The van der Waals surface area contributed by atoms with Crippen LogP contribution in [-0.2, 0) is 9.47 Å². The highest BCUT2D eigenvalue weighted by Crippen LogP contribution is 2.41. The van der Waals surface area contributed by atoms with Gasteiger partial charge in [0.2, 0.25) is 0 Å². The molecule has 2 heteroatoms. The van der Waals surface area contributed by atoms with Crippen LogP contribution in [0.2, 0.25) is 0 Å². The molecule has 1 aliphatic carbocycles. The SMILES string of the molecule is CC1COCOCC2C1CC[C@@H]2C. The van der Waals surface area contributed by atoms with Crippen LogP contribution in [0.25, 0.3) is 0 Å². The lowest BCUT2D eigenvalue weighted by Gasteiger charge is -2.30. The Bertz CT molecular complexity index is 169. The Labute approximate surface area is 80.6 Å². The minimum absolute atomic E-state index is 0.500. The number of rotatable bonds is 0. The minimum atomic E-state index is 0.500. The fraction of sp³-hybridized carbons (Fsp3) is 1.00. The van der Waals surface area contributed by atoms with Crippen molar-refractivity contribution < 1.29 is 9.47 Å². The third-order valence-electron chi connectivity index (χ3n) is 3.82. The van der Waals surface area contributed by atoms with Gasteiger partial charge in [-0.3, -0.25) is 0 Å². The fourth-order valence-corrected chi connectivity index (χ4v) is 2.90. The normalized spacial score (nSPS) is 46.6. The van der Waals surface area contributed by atoms with Crippen LogP contribution in [0, 0.1) is 23.7 Å². The molecule has 0 N–H and O–H groups in total. The molecule has 1 saturated carbocycles. The number of ether oxygens (including phenoxy) is 2. The van der Waals surface area contributed by atoms with Gasteiger partial charge in [-0.05, 0) is 30.1 Å². The second-order valence-corrected chi connectivity index (χ2v) is 4.72. The van der Waals surface area contributed by atoms with Crippen LogP contribution in [-0.4, -0.2) is 20.0 Å². The standard InChI is InChI=1S/C11H20O2/c1-8-3-4-10-9(2)5-12-7-13-6-11(8)10/h8-11H,3-7H2,1-2H3/t8-,9?,10?,11?/m0/s1. The highest BCUT2D eigenvalue weighted by molar-refractivity contribution is 4.85. The van der Waals surface area contributed by atoms with Gasteiger partial charge in [-0.15, -0.1) is 0 Å². The molecule has 4 atom stereocenters. The summed E-state index contributed by atoms with van der Waals surface area (Å²) in [5.41, 5.74) is 0. The Hall–Kier alpha value is -0.0800. The Balaban J connectivity index is 2.03. The van der Waals surface area contributed by atoms with Crippen molar-refractivity contribution >= 4 is 0 Å². The van der Waals surface area contributed by atoms with E-state index in [1.807, 2.05) is 0 Å². The van der Waals surface area contributed by atoms with Gasteiger partial charge in [0.1, 0.15) is 6.79 Å². The van der Waals surface area contributed by atoms with Gasteiger partial charge in [0.25, 0.3) is 0 Å². The largest absolute Gasteiger partial charge is 0.355 e. The van der Waals surface area contributed by atoms with E-state index in [1.54, 1.807) is 0 Å². The van der Waals surface area contributed by atoms with E-state index in [4.69, 9.17) is 9.47 Å². The number of hydrogen-bond donors (Lipinski definition) is 0. The van der Waals surface area contributed by atoms with E-state index in [-0.39, 0.29) is 0 Å². The zero-order chi connectivity index (χ0) is 9.26. The topological polar surface area (TPSA) is 18.5 Å². The van der Waals surface area contributed by atoms with E-state index in [1.165, 1.54) is 12.8 Å². The molecule has 0 spiro atoms. The second kappa shape index (κ2) is 3.97. The predicted molar refractivity (Wildman–Crippen MR) is 51.3 cm³/mol. The van der Waals surface area contributed by atoms with Crippen molar-refractivity contribution in [3.05, 3.63) is 0 Å². The van der Waals surface area contributed by atoms with E-state index >= 15 is 0 Å². The Morgan fingerprint density at radius 3 is 2.46 bits per heavy atom. The number of hydrogen-bond acceptors (Lipinski definition) is 2. The van der Waals surface area contributed by atoms with Gasteiger partial charge in [-0.25, -0.2) is 0 Å². The van der Waals surface area contributed by atoms with Gasteiger partial charge >= 0.3 is 0 Å². The molecule has 1 heterocycles. The van der Waals surface area contributed by atoms with Gasteiger partial charge in [-0.2, -0.15) is 0 Å². The molecule has 0 aromatic rings. The van der Waals surface area contributed by atoms with E-state index < -0.39 is 0 Å². The maximum absolute atomic E-state index is 5.48. The number of fused-ring (bicyclic) bond motifs is 1. The first-order valence-electron chi connectivity index (χ1n) is 5.44. The van der Waals surface area contributed by atoms with Gasteiger partial charge in [-0.1, -0.05) is 20.3 Å².